The Morgan fingerprint density at radius 1 is 0.952 bits per heavy atom. The van der Waals surface area contributed by atoms with Crippen molar-refractivity contribution in [3.8, 4) is 11.5 Å². The molecular weight excluding hydrogens is 658 g/mol. The van der Waals surface area contributed by atoms with E-state index in [1.54, 1.807) is 6.21 Å². The van der Waals surface area contributed by atoms with Crippen LogP contribution in [0.2, 0.25) is 0 Å². The van der Waals surface area contributed by atoms with Gasteiger partial charge in [-0.3, -0.25) is 4.79 Å². The van der Waals surface area contributed by atoms with Crippen molar-refractivity contribution in [2.24, 2.45) is 5.10 Å². The molecule has 1 heterocycles. The highest BCUT2D eigenvalue weighted by Crippen LogP contribution is 2.38. The van der Waals surface area contributed by atoms with Gasteiger partial charge >= 0.3 is 0 Å². The SMILES string of the molecule is CCOc1cc(C=Nn2c(C3CCCCC3)nc3ccc(Br)cc3c2=O)cc(Br)c1OCc1cccc2ccccc12. The summed E-state index contributed by atoms with van der Waals surface area (Å²) in [4.78, 5) is 18.6. The number of nitrogens with zero attached hydrogens (tertiary/aromatic N) is 3. The van der Waals surface area contributed by atoms with Crippen LogP contribution in [0.1, 0.15) is 61.9 Å². The van der Waals surface area contributed by atoms with E-state index in [2.05, 4.69) is 56.1 Å². The Labute approximate surface area is 261 Å². The van der Waals surface area contributed by atoms with Crippen molar-refractivity contribution < 1.29 is 9.47 Å². The molecular formula is C34H31Br2N3O3. The summed E-state index contributed by atoms with van der Waals surface area (Å²) < 4.78 is 15.4. The van der Waals surface area contributed by atoms with Gasteiger partial charge in [-0.1, -0.05) is 77.7 Å². The number of benzene rings is 4. The molecule has 0 amide bonds. The maximum atomic E-state index is 13.7. The van der Waals surface area contributed by atoms with Gasteiger partial charge in [0.15, 0.2) is 11.5 Å². The van der Waals surface area contributed by atoms with Crippen molar-refractivity contribution in [1.29, 1.82) is 0 Å². The molecule has 0 N–H and O–H groups in total. The van der Waals surface area contributed by atoms with Gasteiger partial charge in [0.05, 0.1) is 28.2 Å². The van der Waals surface area contributed by atoms with Crippen molar-refractivity contribution in [2.45, 2.75) is 51.6 Å². The fourth-order valence-electron chi connectivity index (χ4n) is 5.66. The summed E-state index contributed by atoms with van der Waals surface area (Å²) >= 11 is 7.19. The van der Waals surface area contributed by atoms with Gasteiger partial charge in [-0.2, -0.15) is 9.78 Å². The molecule has 0 atom stereocenters. The summed E-state index contributed by atoms with van der Waals surface area (Å²) in [5.74, 6) is 2.16. The lowest BCUT2D eigenvalue weighted by Crippen LogP contribution is -2.25. The number of hydrogen-bond donors (Lipinski definition) is 0. The Hall–Kier alpha value is -3.49. The zero-order valence-electron chi connectivity index (χ0n) is 23.4. The highest BCUT2D eigenvalue weighted by atomic mass is 79.9. The van der Waals surface area contributed by atoms with Gasteiger partial charge in [0.25, 0.3) is 5.56 Å². The van der Waals surface area contributed by atoms with E-state index in [0.29, 0.717) is 35.6 Å². The van der Waals surface area contributed by atoms with Crippen LogP contribution in [0.5, 0.6) is 11.5 Å². The summed E-state index contributed by atoms with van der Waals surface area (Å²) in [5.41, 5.74) is 2.40. The van der Waals surface area contributed by atoms with Crippen molar-refractivity contribution >= 4 is 59.7 Å². The average Bonchev–Trinajstić information content (AvgIpc) is 3.01. The lowest BCUT2D eigenvalue weighted by Gasteiger charge is -2.22. The van der Waals surface area contributed by atoms with Crippen molar-refractivity contribution in [1.82, 2.24) is 9.66 Å². The molecule has 1 fully saturated rings. The molecule has 1 aliphatic carbocycles. The normalized spacial score (nSPS) is 14.2. The number of aromatic nitrogens is 2. The Balaban J connectivity index is 1.35. The van der Waals surface area contributed by atoms with E-state index in [1.165, 1.54) is 16.5 Å². The van der Waals surface area contributed by atoms with Gasteiger partial charge in [0.1, 0.15) is 12.4 Å². The summed E-state index contributed by atoms with van der Waals surface area (Å²) in [6, 6.07) is 24.0. The van der Waals surface area contributed by atoms with Crippen LogP contribution in [0.4, 0.5) is 0 Å². The van der Waals surface area contributed by atoms with Crippen LogP contribution in [0.25, 0.3) is 21.7 Å². The second kappa shape index (κ2) is 12.8. The summed E-state index contributed by atoms with van der Waals surface area (Å²) in [6.45, 7) is 2.82. The monoisotopic (exact) mass is 687 g/mol. The Kier molecular flexibility index (Phi) is 8.72. The first-order valence-electron chi connectivity index (χ1n) is 14.3. The smallest absolute Gasteiger partial charge is 0.282 e. The summed E-state index contributed by atoms with van der Waals surface area (Å²) in [7, 11) is 0. The molecule has 0 radical (unpaired) electrons. The van der Waals surface area contributed by atoms with Gasteiger partial charge in [-0.05, 0) is 87.9 Å². The maximum Gasteiger partial charge on any atom is 0.282 e. The molecule has 1 aromatic heterocycles. The quantitative estimate of drug-likeness (QED) is 0.153. The Bertz CT molecular complexity index is 1840. The standard InChI is InChI=1S/C34H31Br2N3O3/c1-2-41-31-18-22(17-29(36)32(31)42-21-25-13-8-12-23-9-6-7-14-27(23)25)20-37-39-33(24-10-4-3-5-11-24)38-30-16-15-26(35)19-28(30)34(39)40/h6-9,12-20,24H,2-5,10-11,21H2,1H3. The first-order chi connectivity index (χ1) is 20.5. The summed E-state index contributed by atoms with van der Waals surface area (Å²) in [5, 5.41) is 7.59. The van der Waals surface area contributed by atoms with E-state index >= 15 is 0 Å². The molecule has 5 aromatic rings. The van der Waals surface area contributed by atoms with Crippen LogP contribution < -0.4 is 15.0 Å². The second-order valence-electron chi connectivity index (χ2n) is 10.5. The molecule has 42 heavy (non-hydrogen) atoms. The minimum Gasteiger partial charge on any atom is -0.490 e. The highest BCUT2D eigenvalue weighted by Gasteiger charge is 2.23. The van der Waals surface area contributed by atoms with Crippen molar-refractivity contribution in [2.75, 3.05) is 6.61 Å². The molecule has 4 aromatic carbocycles. The predicted molar refractivity (Wildman–Crippen MR) is 176 cm³/mol. The zero-order valence-corrected chi connectivity index (χ0v) is 26.5. The molecule has 8 heteroatoms. The molecule has 6 nitrogen and oxygen atoms in total. The maximum absolute atomic E-state index is 13.7. The third-order valence-corrected chi connectivity index (χ3v) is 8.79. The number of ether oxygens (including phenoxy) is 2. The van der Waals surface area contributed by atoms with E-state index in [-0.39, 0.29) is 11.5 Å². The van der Waals surface area contributed by atoms with Gasteiger partial charge in [-0.15, -0.1) is 0 Å². The van der Waals surface area contributed by atoms with E-state index in [0.717, 1.165) is 57.0 Å². The lowest BCUT2D eigenvalue weighted by atomic mass is 9.88. The number of halogens is 2. The molecule has 6 rings (SSSR count). The first kappa shape index (κ1) is 28.6. The fraction of sp³-hybridized carbons (Fsp3) is 0.265. The van der Waals surface area contributed by atoms with Gasteiger partial charge in [-0.25, -0.2) is 4.98 Å². The van der Waals surface area contributed by atoms with Crippen LogP contribution in [0.3, 0.4) is 0 Å². The molecule has 0 aliphatic heterocycles. The number of fused-ring (bicyclic) bond motifs is 2. The molecule has 214 valence electrons. The lowest BCUT2D eigenvalue weighted by molar-refractivity contribution is 0.268. The van der Waals surface area contributed by atoms with Gasteiger partial charge in [0.2, 0.25) is 0 Å². The fourth-order valence-corrected chi connectivity index (χ4v) is 6.60. The molecule has 0 spiro atoms. The van der Waals surface area contributed by atoms with Gasteiger partial charge < -0.3 is 9.47 Å². The Morgan fingerprint density at radius 3 is 2.60 bits per heavy atom. The Morgan fingerprint density at radius 2 is 1.76 bits per heavy atom. The average molecular weight is 689 g/mol. The van der Waals surface area contributed by atoms with Crippen LogP contribution in [0, 0.1) is 0 Å². The van der Waals surface area contributed by atoms with Crippen LogP contribution in [-0.4, -0.2) is 22.5 Å². The van der Waals surface area contributed by atoms with E-state index in [4.69, 9.17) is 19.6 Å². The van der Waals surface area contributed by atoms with Crippen molar-refractivity contribution in [3.05, 3.63) is 109 Å². The zero-order chi connectivity index (χ0) is 29.1. The number of hydrogen-bond acceptors (Lipinski definition) is 5. The first-order valence-corrected chi connectivity index (χ1v) is 15.9. The summed E-state index contributed by atoms with van der Waals surface area (Å²) in [6.07, 6.45) is 7.19. The molecule has 1 aliphatic rings. The van der Waals surface area contributed by atoms with Crippen LogP contribution in [-0.2, 0) is 6.61 Å². The molecule has 1 saturated carbocycles. The predicted octanol–water partition coefficient (Wildman–Crippen LogP) is 8.98. The third-order valence-electron chi connectivity index (χ3n) is 7.71. The van der Waals surface area contributed by atoms with Crippen LogP contribution >= 0.6 is 31.9 Å². The number of rotatable bonds is 8. The second-order valence-corrected chi connectivity index (χ2v) is 12.3. The van der Waals surface area contributed by atoms with Crippen molar-refractivity contribution in [3.63, 3.8) is 0 Å². The van der Waals surface area contributed by atoms with E-state index < -0.39 is 0 Å². The minimum absolute atomic E-state index is 0.169. The topological polar surface area (TPSA) is 65.7 Å². The van der Waals surface area contributed by atoms with Gasteiger partial charge in [0, 0.05) is 10.4 Å². The highest BCUT2D eigenvalue weighted by molar-refractivity contribution is 9.10. The molecule has 0 saturated heterocycles. The molecule has 0 bridgehead atoms. The van der Waals surface area contributed by atoms with E-state index in [9.17, 15) is 4.79 Å². The molecule has 0 unspecified atom stereocenters. The largest absolute Gasteiger partial charge is 0.490 e. The van der Waals surface area contributed by atoms with E-state index in [1.807, 2.05) is 55.5 Å². The third kappa shape index (κ3) is 6.01. The minimum atomic E-state index is -0.169. The van der Waals surface area contributed by atoms with Crippen LogP contribution in [0.15, 0.2) is 91.6 Å².